The molecule has 1 rings (SSSR count). The molecule has 3 heteroatoms. The van der Waals surface area contributed by atoms with Gasteiger partial charge in [0.1, 0.15) is 5.75 Å². The number of carbonyl (C=O) groups is 1. The summed E-state index contributed by atoms with van der Waals surface area (Å²) in [6.45, 7) is 7.29. The average molecular weight is 207 g/mol. The molecule has 0 aliphatic heterocycles. The van der Waals surface area contributed by atoms with Crippen molar-refractivity contribution in [2.45, 2.75) is 33.3 Å². The zero-order chi connectivity index (χ0) is 11.6. The van der Waals surface area contributed by atoms with E-state index >= 15 is 0 Å². The van der Waals surface area contributed by atoms with Crippen LogP contribution in [0.4, 0.5) is 0 Å². The Hall–Kier alpha value is -1.51. The van der Waals surface area contributed by atoms with Crippen molar-refractivity contribution in [3.8, 4) is 5.75 Å². The van der Waals surface area contributed by atoms with Crippen molar-refractivity contribution in [1.82, 2.24) is 0 Å². The van der Waals surface area contributed by atoms with Crippen LogP contribution >= 0.6 is 0 Å². The zero-order valence-corrected chi connectivity index (χ0v) is 9.63. The summed E-state index contributed by atoms with van der Waals surface area (Å²) in [5.41, 5.74) is 6.43. The molecule has 0 saturated heterocycles. The summed E-state index contributed by atoms with van der Waals surface area (Å²) in [7, 11) is 0. The van der Waals surface area contributed by atoms with Crippen molar-refractivity contribution < 1.29 is 9.53 Å². The molecule has 82 valence electrons. The lowest BCUT2D eigenvalue weighted by Crippen LogP contribution is -2.43. The number of carbonyl (C=O) groups excluding carboxylic acids is 1. The van der Waals surface area contributed by atoms with Crippen molar-refractivity contribution >= 4 is 5.91 Å². The number of nitrogens with two attached hydrogens (primary N) is 1. The van der Waals surface area contributed by atoms with E-state index in [2.05, 4.69) is 0 Å². The number of benzene rings is 1. The highest BCUT2D eigenvalue weighted by atomic mass is 16.5. The topological polar surface area (TPSA) is 52.3 Å². The molecule has 2 N–H and O–H groups in total. The summed E-state index contributed by atoms with van der Waals surface area (Å²) in [5, 5.41) is 0. The summed E-state index contributed by atoms with van der Waals surface area (Å²) in [6, 6.07) is 5.74. The van der Waals surface area contributed by atoms with Crippen LogP contribution in [0, 0.1) is 13.8 Å². The van der Waals surface area contributed by atoms with Gasteiger partial charge in [0.25, 0.3) is 5.91 Å². The van der Waals surface area contributed by atoms with Gasteiger partial charge in [-0.3, -0.25) is 4.79 Å². The Morgan fingerprint density at radius 2 is 1.93 bits per heavy atom. The molecule has 0 heterocycles. The van der Waals surface area contributed by atoms with Crippen molar-refractivity contribution in [2.75, 3.05) is 0 Å². The predicted molar refractivity (Wildman–Crippen MR) is 59.8 cm³/mol. The zero-order valence-electron chi connectivity index (χ0n) is 9.63. The van der Waals surface area contributed by atoms with E-state index in [-0.39, 0.29) is 0 Å². The highest BCUT2D eigenvalue weighted by molar-refractivity contribution is 5.82. The van der Waals surface area contributed by atoms with Gasteiger partial charge >= 0.3 is 0 Å². The first-order valence-corrected chi connectivity index (χ1v) is 4.90. The van der Waals surface area contributed by atoms with Crippen LogP contribution in [0.2, 0.25) is 0 Å². The van der Waals surface area contributed by atoms with Gasteiger partial charge in [-0.15, -0.1) is 0 Å². The highest BCUT2D eigenvalue weighted by Gasteiger charge is 2.27. The van der Waals surface area contributed by atoms with Gasteiger partial charge in [0, 0.05) is 0 Å². The number of ether oxygens (including phenoxy) is 1. The maximum absolute atomic E-state index is 11.1. The van der Waals surface area contributed by atoms with Gasteiger partial charge in [-0.1, -0.05) is 12.1 Å². The van der Waals surface area contributed by atoms with Crippen LogP contribution in [0.5, 0.6) is 5.75 Å². The van der Waals surface area contributed by atoms with Gasteiger partial charge in [-0.05, 0) is 44.9 Å². The first-order chi connectivity index (χ1) is 6.84. The van der Waals surface area contributed by atoms with Crippen LogP contribution in [0.1, 0.15) is 25.0 Å². The minimum Gasteiger partial charge on any atom is -0.478 e. The Morgan fingerprint density at radius 1 is 1.33 bits per heavy atom. The van der Waals surface area contributed by atoms with E-state index in [0.29, 0.717) is 5.75 Å². The van der Waals surface area contributed by atoms with E-state index in [1.807, 2.05) is 32.0 Å². The van der Waals surface area contributed by atoms with E-state index < -0.39 is 11.5 Å². The molecule has 0 aromatic heterocycles. The molecule has 0 radical (unpaired) electrons. The fraction of sp³-hybridized carbons (Fsp3) is 0.417. The smallest absolute Gasteiger partial charge is 0.261 e. The van der Waals surface area contributed by atoms with Crippen molar-refractivity contribution in [2.24, 2.45) is 5.73 Å². The SMILES string of the molecule is Cc1cccc(OC(C)(C)C(N)=O)c1C. The summed E-state index contributed by atoms with van der Waals surface area (Å²) < 4.78 is 5.60. The Morgan fingerprint density at radius 3 is 2.47 bits per heavy atom. The first kappa shape index (κ1) is 11.6. The standard InChI is InChI=1S/C12H17NO2/c1-8-6-5-7-10(9(8)2)15-12(3,4)11(13)14/h5-7H,1-4H3,(H2,13,14). The van der Waals surface area contributed by atoms with Crippen LogP contribution in [0.15, 0.2) is 18.2 Å². The van der Waals surface area contributed by atoms with Gasteiger partial charge in [0.05, 0.1) is 0 Å². The quantitative estimate of drug-likeness (QED) is 0.823. The summed E-state index contributed by atoms with van der Waals surface area (Å²) >= 11 is 0. The van der Waals surface area contributed by atoms with Crippen molar-refractivity contribution in [1.29, 1.82) is 0 Å². The number of hydrogen-bond acceptors (Lipinski definition) is 2. The number of hydrogen-bond donors (Lipinski definition) is 1. The van der Waals surface area contributed by atoms with Gasteiger partial charge in [-0.2, -0.15) is 0 Å². The van der Waals surface area contributed by atoms with E-state index in [1.54, 1.807) is 13.8 Å². The second kappa shape index (κ2) is 3.93. The number of aryl methyl sites for hydroxylation is 1. The third-order valence-electron chi connectivity index (χ3n) is 2.51. The third-order valence-corrected chi connectivity index (χ3v) is 2.51. The van der Waals surface area contributed by atoms with Crippen molar-refractivity contribution in [3.63, 3.8) is 0 Å². The molecule has 0 unspecified atom stereocenters. The van der Waals surface area contributed by atoms with E-state index in [4.69, 9.17) is 10.5 Å². The molecule has 0 saturated carbocycles. The number of amides is 1. The monoisotopic (exact) mass is 207 g/mol. The summed E-state index contributed by atoms with van der Waals surface area (Å²) in [4.78, 5) is 11.1. The second-order valence-corrected chi connectivity index (χ2v) is 4.17. The fourth-order valence-electron chi connectivity index (χ4n) is 1.16. The molecular weight excluding hydrogens is 190 g/mol. The lowest BCUT2D eigenvalue weighted by Gasteiger charge is -2.24. The van der Waals surface area contributed by atoms with Crippen LogP contribution < -0.4 is 10.5 Å². The number of primary amides is 1. The highest BCUT2D eigenvalue weighted by Crippen LogP contribution is 2.24. The van der Waals surface area contributed by atoms with Crippen LogP contribution in [-0.4, -0.2) is 11.5 Å². The average Bonchev–Trinajstić information content (AvgIpc) is 2.12. The minimum absolute atomic E-state index is 0.469. The Balaban J connectivity index is 3.00. The van der Waals surface area contributed by atoms with Gasteiger partial charge in [0.15, 0.2) is 5.60 Å². The molecule has 0 spiro atoms. The molecule has 3 nitrogen and oxygen atoms in total. The van der Waals surface area contributed by atoms with Gasteiger partial charge in [0.2, 0.25) is 0 Å². The maximum Gasteiger partial charge on any atom is 0.261 e. The third kappa shape index (κ3) is 2.49. The Labute approximate surface area is 90.2 Å². The first-order valence-electron chi connectivity index (χ1n) is 4.90. The second-order valence-electron chi connectivity index (χ2n) is 4.17. The molecule has 0 aliphatic carbocycles. The van der Waals surface area contributed by atoms with Gasteiger partial charge in [-0.25, -0.2) is 0 Å². The largest absolute Gasteiger partial charge is 0.478 e. The molecule has 0 atom stereocenters. The predicted octanol–water partition coefficient (Wildman–Crippen LogP) is 1.95. The molecule has 0 fully saturated rings. The molecule has 1 aromatic rings. The van der Waals surface area contributed by atoms with Crippen LogP contribution in [0.25, 0.3) is 0 Å². The summed E-state index contributed by atoms with van der Waals surface area (Å²) in [5.74, 6) is 0.238. The molecule has 15 heavy (non-hydrogen) atoms. The number of rotatable bonds is 3. The fourth-order valence-corrected chi connectivity index (χ4v) is 1.16. The van der Waals surface area contributed by atoms with E-state index in [9.17, 15) is 4.79 Å². The minimum atomic E-state index is -0.974. The maximum atomic E-state index is 11.1. The van der Waals surface area contributed by atoms with Crippen LogP contribution in [-0.2, 0) is 4.79 Å². The molecule has 0 bridgehead atoms. The molecule has 1 amide bonds. The lowest BCUT2D eigenvalue weighted by atomic mass is 10.1. The van der Waals surface area contributed by atoms with Crippen molar-refractivity contribution in [3.05, 3.63) is 29.3 Å². The van der Waals surface area contributed by atoms with E-state index in [1.165, 1.54) is 0 Å². The molecular formula is C12H17NO2. The Bertz CT molecular complexity index is 383. The summed E-state index contributed by atoms with van der Waals surface area (Å²) in [6.07, 6.45) is 0. The van der Waals surface area contributed by atoms with Gasteiger partial charge < -0.3 is 10.5 Å². The van der Waals surface area contributed by atoms with Crippen LogP contribution in [0.3, 0.4) is 0 Å². The van der Waals surface area contributed by atoms with E-state index in [0.717, 1.165) is 11.1 Å². The Kier molecular flexibility index (Phi) is 3.03. The normalized spacial score (nSPS) is 11.2. The molecule has 1 aromatic carbocycles. The molecule has 0 aliphatic rings. The lowest BCUT2D eigenvalue weighted by molar-refractivity contribution is -0.130.